The molecule has 3 rings (SSSR count). The molecule has 7 heteroatoms. The van der Waals surface area contributed by atoms with Gasteiger partial charge in [0.25, 0.3) is 0 Å². The fourth-order valence-corrected chi connectivity index (χ4v) is 2.18. The summed E-state index contributed by atoms with van der Waals surface area (Å²) in [5.74, 6) is -0.753. The molecule has 0 unspecified atom stereocenters. The molecule has 2 aromatic rings. The van der Waals surface area contributed by atoms with Crippen molar-refractivity contribution in [1.29, 1.82) is 0 Å². The molecule has 0 atom stereocenters. The van der Waals surface area contributed by atoms with E-state index in [1.807, 2.05) is 0 Å². The van der Waals surface area contributed by atoms with E-state index in [1.165, 1.54) is 12.1 Å². The van der Waals surface area contributed by atoms with E-state index in [0.717, 1.165) is 13.1 Å². The Labute approximate surface area is 119 Å². The molecule has 0 spiro atoms. The summed E-state index contributed by atoms with van der Waals surface area (Å²) in [5, 5.41) is 10.9. The lowest BCUT2D eigenvalue weighted by Crippen LogP contribution is -2.43. The SMILES string of the molecule is O=C(Cc1cccc(F)c1Cl)c1cn(C2CNC2)nn1. The molecule has 1 aromatic heterocycles. The molecule has 20 heavy (non-hydrogen) atoms. The summed E-state index contributed by atoms with van der Waals surface area (Å²) in [6.45, 7) is 1.65. The van der Waals surface area contributed by atoms with E-state index < -0.39 is 5.82 Å². The minimum Gasteiger partial charge on any atom is -0.312 e. The van der Waals surface area contributed by atoms with Crippen molar-refractivity contribution in [2.24, 2.45) is 0 Å². The molecule has 1 aromatic carbocycles. The highest BCUT2D eigenvalue weighted by Gasteiger charge is 2.22. The number of rotatable bonds is 4. The van der Waals surface area contributed by atoms with Gasteiger partial charge in [-0.1, -0.05) is 28.9 Å². The molecule has 1 N–H and O–H groups in total. The van der Waals surface area contributed by atoms with Crippen LogP contribution in [-0.4, -0.2) is 33.9 Å². The van der Waals surface area contributed by atoms with Crippen LogP contribution in [0.1, 0.15) is 22.1 Å². The molecule has 1 aliphatic heterocycles. The van der Waals surface area contributed by atoms with Crippen LogP contribution in [0.2, 0.25) is 5.02 Å². The number of carbonyl (C=O) groups excluding carboxylic acids is 1. The summed E-state index contributed by atoms with van der Waals surface area (Å²) in [5.41, 5.74) is 0.730. The first-order valence-electron chi connectivity index (χ1n) is 6.24. The monoisotopic (exact) mass is 294 g/mol. The number of carbonyl (C=O) groups is 1. The lowest BCUT2D eigenvalue weighted by atomic mass is 10.1. The fourth-order valence-electron chi connectivity index (χ4n) is 1.99. The van der Waals surface area contributed by atoms with Crippen molar-refractivity contribution in [2.75, 3.05) is 13.1 Å². The standard InChI is InChI=1S/C13H12ClFN4O/c14-13-8(2-1-3-10(13)15)4-12(20)11-7-19(18-17-11)9-5-16-6-9/h1-3,7,9,16H,4-6H2. The van der Waals surface area contributed by atoms with Gasteiger partial charge >= 0.3 is 0 Å². The molecule has 0 amide bonds. The van der Waals surface area contributed by atoms with Crippen molar-refractivity contribution < 1.29 is 9.18 Å². The number of benzene rings is 1. The Hall–Kier alpha value is -1.79. The summed E-state index contributed by atoms with van der Waals surface area (Å²) < 4.78 is 15.0. The third-order valence-electron chi connectivity index (χ3n) is 3.31. The minimum absolute atomic E-state index is 0.0121. The van der Waals surface area contributed by atoms with Crippen molar-refractivity contribution in [3.63, 3.8) is 0 Å². The molecule has 1 aliphatic rings. The second-order valence-electron chi connectivity index (χ2n) is 4.71. The summed E-state index contributed by atoms with van der Waals surface area (Å²) in [6.07, 6.45) is 1.64. The Balaban J connectivity index is 1.75. The Morgan fingerprint density at radius 1 is 1.50 bits per heavy atom. The van der Waals surface area contributed by atoms with Gasteiger partial charge in [-0.15, -0.1) is 5.10 Å². The second kappa shape index (κ2) is 5.30. The molecular formula is C13H12ClFN4O. The van der Waals surface area contributed by atoms with E-state index in [-0.39, 0.29) is 29.0 Å². The Morgan fingerprint density at radius 3 is 3.00 bits per heavy atom. The van der Waals surface area contributed by atoms with Gasteiger partial charge < -0.3 is 5.32 Å². The first-order chi connectivity index (χ1) is 9.65. The molecule has 0 radical (unpaired) electrons. The van der Waals surface area contributed by atoms with Gasteiger partial charge in [0.2, 0.25) is 0 Å². The van der Waals surface area contributed by atoms with E-state index in [1.54, 1.807) is 16.9 Å². The fraction of sp³-hybridized carbons (Fsp3) is 0.308. The second-order valence-corrected chi connectivity index (χ2v) is 5.09. The summed E-state index contributed by atoms with van der Waals surface area (Å²) in [7, 11) is 0. The summed E-state index contributed by atoms with van der Waals surface area (Å²) in [6, 6.07) is 4.67. The van der Waals surface area contributed by atoms with E-state index in [4.69, 9.17) is 11.6 Å². The van der Waals surface area contributed by atoms with Crippen LogP contribution in [0.4, 0.5) is 4.39 Å². The van der Waals surface area contributed by atoms with Crippen LogP contribution in [0.3, 0.4) is 0 Å². The summed E-state index contributed by atoms with van der Waals surface area (Å²) in [4.78, 5) is 12.1. The maximum absolute atomic E-state index is 13.3. The minimum atomic E-state index is -0.527. The highest BCUT2D eigenvalue weighted by Crippen LogP contribution is 2.21. The van der Waals surface area contributed by atoms with Crippen LogP contribution >= 0.6 is 11.6 Å². The van der Waals surface area contributed by atoms with Crippen LogP contribution < -0.4 is 5.32 Å². The molecule has 1 fully saturated rings. The Bertz CT molecular complexity index is 654. The van der Waals surface area contributed by atoms with E-state index in [0.29, 0.717) is 5.56 Å². The average Bonchev–Trinajstić information content (AvgIpc) is 2.82. The first-order valence-corrected chi connectivity index (χ1v) is 6.61. The van der Waals surface area contributed by atoms with Gasteiger partial charge in [0.1, 0.15) is 11.5 Å². The molecule has 104 valence electrons. The molecule has 1 saturated heterocycles. The predicted octanol–water partition coefficient (Wildman–Crippen LogP) is 1.64. The van der Waals surface area contributed by atoms with Crippen LogP contribution in [0.25, 0.3) is 0 Å². The third-order valence-corrected chi connectivity index (χ3v) is 3.74. The zero-order valence-electron chi connectivity index (χ0n) is 10.5. The van der Waals surface area contributed by atoms with Gasteiger partial charge in [-0.2, -0.15) is 0 Å². The van der Waals surface area contributed by atoms with Crippen molar-refractivity contribution in [2.45, 2.75) is 12.5 Å². The van der Waals surface area contributed by atoms with Crippen molar-refractivity contribution in [3.05, 3.63) is 46.5 Å². The van der Waals surface area contributed by atoms with Crippen molar-refractivity contribution in [3.8, 4) is 0 Å². The zero-order chi connectivity index (χ0) is 14.1. The van der Waals surface area contributed by atoms with Crippen LogP contribution in [0, 0.1) is 5.82 Å². The third kappa shape index (κ3) is 2.44. The largest absolute Gasteiger partial charge is 0.312 e. The van der Waals surface area contributed by atoms with Crippen molar-refractivity contribution >= 4 is 17.4 Å². The maximum Gasteiger partial charge on any atom is 0.189 e. The van der Waals surface area contributed by atoms with E-state index >= 15 is 0 Å². The topological polar surface area (TPSA) is 59.8 Å². The van der Waals surface area contributed by atoms with Gasteiger partial charge in [0.15, 0.2) is 5.78 Å². The van der Waals surface area contributed by atoms with Crippen LogP contribution in [0.5, 0.6) is 0 Å². The molecule has 0 aliphatic carbocycles. The van der Waals surface area contributed by atoms with E-state index in [2.05, 4.69) is 15.6 Å². The molecular weight excluding hydrogens is 283 g/mol. The number of halogens is 2. The van der Waals surface area contributed by atoms with Crippen molar-refractivity contribution in [1.82, 2.24) is 20.3 Å². The van der Waals surface area contributed by atoms with Gasteiger partial charge in [0, 0.05) is 19.5 Å². The number of ketones is 1. The Kier molecular flexibility index (Phi) is 3.50. The normalized spacial score (nSPS) is 15.1. The molecule has 5 nitrogen and oxygen atoms in total. The lowest BCUT2D eigenvalue weighted by Gasteiger charge is -2.26. The average molecular weight is 295 g/mol. The predicted molar refractivity (Wildman–Crippen MR) is 71.4 cm³/mol. The highest BCUT2D eigenvalue weighted by atomic mass is 35.5. The lowest BCUT2D eigenvalue weighted by molar-refractivity contribution is 0.0988. The zero-order valence-corrected chi connectivity index (χ0v) is 11.3. The van der Waals surface area contributed by atoms with Gasteiger partial charge in [0.05, 0.1) is 17.3 Å². The Morgan fingerprint density at radius 2 is 2.30 bits per heavy atom. The number of nitrogens with one attached hydrogen (secondary N) is 1. The van der Waals surface area contributed by atoms with E-state index in [9.17, 15) is 9.18 Å². The first kappa shape index (κ1) is 13.2. The van der Waals surface area contributed by atoms with Gasteiger partial charge in [-0.3, -0.25) is 4.79 Å². The van der Waals surface area contributed by atoms with Crippen LogP contribution in [-0.2, 0) is 6.42 Å². The maximum atomic E-state index is 13.3. The van der Waals surface area contributed by atoms with Gasteiger partial charge in [-0.05, 0) is 11.6 Å². The van der Waals surface area contributed by atoms with Crippen LogP contribution in [0.15, 0.2) is 24.4 Å². The van der Waals surface area contributed by atoms with Gasteiger partial charge in [-0.25, -0.2) is 9.07 Å². The quantitative estimate of drug-likeness (QED) is 0.871. The molecule has 2 heterocycles. The highest BCUT2D eigenvalue weighted by molar-refractivity contribution is 6.31. The number of aromatic nitrogens is 3. The molecule has 0 bridgehead atoms. The number of hydrogen-bond donors (Lipinski definition) is 1. The number of Topliss-reactive ketones (excluding diaryl/α,β-unsaturated/α-hetero) is 1. The smallest absolute Gasteiger partial charge is 0.189 e. The molecule has 0 saturated carbocycles. The number of hydrogen-bond acceptors (Lipinski definition) is 4. The summed E-state index contributed by atoms with van der Waals surface area (Å²) >= 11 is 5.84. The number of nitrogens with zero attached hydrogens (tertiary/aromatic N) is 3.